The summed E-state index contributed by atoms with van der Waals surface area (Å²) in [6, 6.07) is -0.227. The highest BCUT2D eigenvalue weighted by atomic mass is 16.6. The Balaban J connectivity index is 1.83. The molecule has 0 saturated carbocycles. The van der Waals surface area contributed by atoms with Crippen molar-refractivity contribution in [3.05, 3.63) is 0 Å². The van der Waals surface area contributed by atoms with Crippen molar-refractivity contribution in [2.75, 3.05) is 33.5 Å². The third-order valence-corrected chi connectivity index (χ3v) is 3.07. The van der Waals surface area contributed by atoms with E-state index in [4.69, 9.17) is 24.7 Å². The first-order valence-electron chi connectivity index (χ1n) is 6.03. The van der Waals surface area contributed by atoms with Gasteiger partial charge in [0.1, 0.15) is 31.5 Å². The number of rotatable bonds is 6. The third kappa shape index (κ3) is 3.41. The minimum absolute atomic E-state index is 0.00447. The molecule has 8 nitrogen and oxygen atoms in total. The van der Waals surface area contributed by atoms with Crippen LogP contribution < -0.4 is 11.1 Å². The van der Waals surface area contributed by atoms with Crippen molar-refractivity contribution < 1.29 is 28.5 Å². The van der Waals surface area contributed by atoms with Crippen LogP contribution in [-0.2, 0) is 28.5 Å². The average Bonchev–Trinajstić information content (AvgIpc) is 2.90. The molecule has 0 bridgehead atoms. The molecule has 0 aromatic rings. The molecule has 3 N–H and O–H groups in total. The molecule has 0 aromatic heterocycles. The lowest BCUT2D eigenvalue weighted by Gasteiger charge is -2.17. The number of methoxy groups -OCH3 is 1. The van der Waals surface area contributed by atoms with E-state index in [-0.39, 0.29) is 43.5 Å². The van der Waals surface area contributed by atoms with Gasteiger partial charge in [0.25, 0.3) is 0 Å². The summed E-state index contributed by atoms with van der Waals surface area (Å²) in [6.45, 7) is 0.497. The van der Waals surface area contributed by atoms with E-state index in [0.29, 0.717) is 13.2 Å². The van der Waals surface area contributed by atoms with Gasteiger partial charge in [0, 0.05) is 7.11 Å². The maximum atomic E-state index is 11.4. The summed E-state index contributed by atoms with van der Waals surface area (Å²) in [6.07, 6.45) is -0.882. The van der Waals surface area contributed by atoms with E-state index in [2.05, 4.69) is 5.32 Å². The van der Waals surface area contributed by atoms with Crippen molar-refractivity contribution in [2.24, 2.45) is 5.73 Å². The van der Waals surface area contributed by atoms with Crippen LogP contribution in [0.5, 0.6) is 0 Å². The lowest BCUT2D eigenvalue weighted by molar-refractivity contribution is -0.127. The molecule has 2 amide bonds. The van der Waals surface area contributed by atoms with E-state index in [9.17, 15) is 9.59 Å². The molecule has 2 rings (SSSR count). The Morgan fingerprint density at radius 1 is 1.26 bits per heavy atom. The van der Waals surface area contributed by atoms with Crippen LogP contribution >= 0.6 is 0 Å². The van der Waals surface area contributed by atoms with Crippen LogP contribution in [0.25, 0.3) is 0 Å². The molecule has 2 fully saturated rings. The van der Waals surface area contributed by atoms with Crippen LogP contribution in [0.1, 0.15) is 0 Å². The van der Waals surface area contributed by atoms with Gasteiger partial charge >= 0.3 is 0 Å². The monoisotopic (exact) mass is 274 g/mol. The molecule has 0 radical (unpaired) electrons. The molecule has 2 aliphatic heterocycles. The van der Waals surface area contributed by atoms with E-state index >= 15 is 0 Å². The van der Waals surface area contributed by atoms with E-state index in [0.717, 1.165) is 0 Å². The molecule has 0 aromatic carbocycles. The summed E-state index contributed by atoms with van der Waals surface area (Å²) in [7, 11) is 1.45. The summed E-state index contributed by atoms with van der Waals surface area (Å²) in [4.78, 5) is 22.1. The van der Waals surface area contributed by atoms with Gasteiger partial charge in [-0.15, -0.1) is 0 Å². The Hall–Kier alpha value is -1.22. The molecular formula is C11H18N2O6. The van der Waals surface area contributed by atoms with Gasteiger partial charge in [0.05, 0.1) is 19.3 Å². The first kappa shape index (κ1) is 14.2. The predicted octanol–water partition coefficient (Wildman–Crippen LogP) is -2.21. The topological polar surface area (TPSA) is 109 Å². The standard InChI is InChI=1S/C11H18N2O6/c1-16-5-9(15)13-6-2-18-11-7(3-19-10(6)11)17-4-8(12)14/h6-7,10-11H,2-5H2,1H3,(H2,12,14)(H,13,15). The molecule has 108 valence electrons. The van der Waals surface area contributed by atoms with Crippen LogP contribution in [0.4, 0.5) is 0 Å². The zero-order valence-electron chi connectivity index (χ0n) is 10.7. The minimum atomic E-state index is -0.536. The quantitative estimate of drug-likeness (QED) is 0.568. The van der Waals surface area contributed by atoms with Gasteiger partial charge in [-0.05, 0) is 0 Å². The van der Waals surface area contributed by atoms with Gasteiger partial charge in [-0.3, -0.25) is 9.59 Å². The Morgan fingerprint density at radius 2 is 2.00 bits per heavy atom. The molecule has 2 heterocycles. The van der Waals surface area contributed by atoms with Crippen LogP contribution in [0, 0.1) is 0 Å². The molecule has 19 heavy (non-hydrogen) atoms. The summed E-state index contributed by atoms with van der Waals surface area (Å²) >= 11 is 0. The molecule has 0 spiro atoms. The maximum absolute atomic E-state index is 11.4. The second-order valence-corrected chi connectivity index (χ2v) is 4.52. The fourth-order valence-corrected chi connectivity index (χ4v) is 2.30. The van der Waals surface area contributed by atoms with Gasteiger partial charge in [0.2, 0.25) is 11.8 Å². The van der Waals surface area contributed by atoms with Gasteiger partial charge in [-0.2, -0.15) is 0 Å². The molecular weight excluding hydrogens is 256 g/mol. The van der Waals surface area contributed by atoms with Gasteiger partial charge in [-0.1, -0.05) is 0 Å². The maximum Gasteiger partial charge on any atom is 0.246 e. The highest BCUT2D eigenvalue weighted by molar-refractivity contribution is 5.77. The average molecular weight is 274 g/mol. The van der Waals surface area contributed by atoms with Crippen LogP contribution in [0.2, 0.25) is 0 Å². The molecule has 2 aliphatic rings. The highest BCUT2D eigenvalue weighted by Gasteiger charge is 2.48. The Kier molecular flexibility index (Phi) is 4.70. The van der Waals surface area contributed by atoms with Gasteiger partial charge < -0.3 is 30.0 Å². The summed E-state index contributed by atoms with van der Waals surface area (Å²) < 4.78 is 21.2. The van der Waals surface area contributed by atoms with E-state index in [1.807, 2.05) is 0 Å². The minimum Gasteiger partial charge on any atom is -0.375 e. The molecule has 8 heteroatoms. The van der Waals surface area contributed by atoms with Crippen molar-refractivity contribution in [1.29, 1.82) is 0 Å². The number of carbonyl (C=O) groups is 2. The number of primary amides is 1. The number of hydrogen-bond acceptors (Lipinski definition) is 6. The van der Waals surface area contributed by atoms with Crippen LogP contribution in [0.3, 0.4) is 0 Å². The summed E-state index contributed by atoms with van der Waals surface area (Å²) in [5, 5.41) is 2.78. The van der Waals surface area contributed by atoms with E-state index < -0.39 is 5.91 Å². The van der Waals surface area contributed by atoms with Crippen molar-refractivity contribution >= 4 is 11.8 Å². The predicted molar refractivity (Wildman–Crippen MR) is 62.2 cm³/mol. The van der Waals surface area contributed by atoms with E-state index in [1.165, 1.54) is 7.11 Å². The SMILES string of the molecule is COCC(=O)NC1COC2C(OCC(N)=O)COC12. The Bertz CT molecular complexity index is 350. The largest absolute Gasteiger partial charge is 0.375 e. The first-order chi connectivity index (χ1) is 9.11. The Labute approximate surface area is 110 Å². The lowest BCUT2D eigenvalue weighted by atomic mass is 10.1. The molecule has 4 atom stereocenters. The smallest absolute Gasteiger partial charge is 0.246 e. The number of amides is 2. The van der Waals surface area contributed by atoms with Crippen molar-refractivity contribution in [3.8, 4) is 0 Å². The molecule has 4 unspecified atom stereocenters. The normalized spacial score (nSPS) is 33.1. The van der Waals surface area contributed by atoms with Crippen molar-refractivity contribution in [2.45, 2.75) is 24.4 Å². The number of ether oxygens (including phenoxy) is 4. The summed E-state index contributed by atoms with van der Waals surface area (Å²) in [5.74, 6) is -0.756. The fourth-order valence-electron chi connectivity index (χ4n) is 2.30. The number of fused-ring (bicyclic) bond motifs is 1. The first-order valence-corrected chi connectivity index (χ1v) is 6.03. The zero-order chi connectivity index (χ0) is 13.8. The third-order valence-electron chi connectivity index (χ3n) is 3.07. The van der Waals surface area contributed by atoms with Gasteiger partial charge in [0.15, 0.2) is 0 Å². The lowest BCUT2D eigenvalue weighted by Crippen LogP contribution is -2.45. The number of nitrogens with one attached hydrogen (secondary N) is 1. The van der Waals surface area contributed by atoms with Crippen molar-refractivity contribution in [1.82, 2.24) is 5.32 Å². The van der Waals surface area contributed by atoms with Crippen LogP contribution in [0.15, 0.2) is 0 Å². The van der Waals surface area contributed by atoms with Gasteiger partial charge in [-0.25, -0.2) is 0 Å². The second-order valence-electron chi connectivity index (χ2n) is 4.52. The highest BCUT2D eigenvalue weighted by Crippen LogP contribution is 2.28. The van der Waals surface area contributed by atoms with E-state index in [1.54, 1.807) is 0 Å². The molecule has 2 saturated heterocycles. The van der Waals surface area contributed by atoms with Crippen LogP contribution in [-0.4, -0.2) is 69.7 Å². The zero-order valence-corrected chi connectivity index (χ0v) is 10.7. The second kappa shape index (κ2) is 6.29. The summed E-state index contributed by atoms with van der Waals surface area (Å²) in [5.41, 5.74) is 5.02. The number of hydrogen-bond donors (Lipinski definition) is 2. The van der Waals surface area contributed by atoms with Crippen molar-refractivity contribution in [3.63, 3.8) is 0 Å². The molecule has 0 aliphatic carbocycles. The number of carbonyl (C=O) groups excluding carboxylic acids is 2. The number of nitrogens with two attached hydrogens (primary N) is 1. The fraction of sp³-hybridized carbons (Fsp3) is 0.818. The Morgan fingerprint density at radius 3 is 2.68 bits per heavy atom.